The average molecular weight is 380 g/mol. The minimum absolute atomic E-state index is 0. The van der Waals surface area contributed by atoms with Crippen molar-refractivity contribution in [2.45, 2.75) is 9.79 Å². The van der Waals surface area contributed by atoms with Gasteiger partial charge in [-0.05, 0) is 23.6 Å². The summed E-state index contributed by atoms with van der Waals surface area (Å²) in [7, 11) is -9.35. The number of rotatable bonds is 2. The van der Waals surface area contributed by atoms with Crippen LogP contribution in [0.4, 0.5) is 0 Å². The van der Waals surface area contributed by atoms with Gasteiger partial charge in [-0.3, -0.25) is 4.55 Å². The van der Waals surface area contributed by atoms with Crippen LogP contribution in [-0.4, -0.2) is 25.9 Å². The normalized spacial score (nSPS) is 11.5. The van der Waals surface area contributed by atoms with Crippen molar-refractivity contribution in [1.82, 2.24) is 0 Å². The summed E-state index contributed by atoms with van der Waals surface area (Å²) in [6.45, 7) is 0. The van der Waals surface area contributed by atoms with E-state index in [0.29, 0.717) is 6.07 Å². The van der Waals surface area contributed by atoms with E-state index in [1.165, 1.54) is 0 Å². The number of fused-ring (bicyclic) bond motifs is 1. The SMILES string of the molecule is O=S(=O)([O-])c1ccc2c(S(=O)(=O)O)cc([O-])cc2c1.[K+].[K+]. The second kappa shape index (κ2) is 8.11. The van der Waals surface area contributed by atoms with E-state index in [-0.39, 0.29) is 114 Å². The summed E-state index contributed by atoms with van der Waals surface area (Å²) in [5, 5.41) is 11.2. The summed E-state index contributed by atoms with van der Waals surface area (Å²) in [5.41, 5.74) is 0. The smallest absolute Gasteiger partial charge is 0.872 e. The third-order valence-electron chi connectivity index (χ3n) is 2.43. The van der Waals surface area contributed by atoms with E-state index in [2.05, 4.69) is 0 Å². The first-order chi connectivity index (χ1) is 8.59. The average Bonchev–Trinajstić information content (AvgIpc) is 2.24. The van der Waals surface area contributed by atoms with Crippen LogP contribution >= 0.6 is 0 Å². The standard InChI is InChI=1S/C10H8O7S2.2K/c11-7-3-6-4-8(18(12,13)14)1-2-9(6)10(5-7)19(15,16)17;;/h1-5,11H,(H,12,13,14)(H,15,16,17);;/q;2*+1/p-2. The Morgan fingerprint density at radius 2 is 1.52 bits per heavy atom. The summed E-state index contributed by atoms with van der Waals surface area (Å²) in [6, 6.07) is 4.52. The Kier molecular flexibility index (Phi) is 8.73. The van der Waals surface area contributed by atoms with Crippen LogP contribution in [-0.2, 0) is 20.2 Å². The van der Waals surface area contributed by atoms with Crippen LogP contribution in [0.1, 0.15) is 0 Å². The van der Waals surface area contributed by atoms with Crippen LogP contribution in [0.2, 0.25) is 0 Å². The third kappa shape index (κ3) is 5.57. The molecular formula is C10H6K2O7S2. The van der Waals surface area contributed by atoms with Crippen molar-refractivity contribution >= 4 is 31.0 Å². The molecule has 0 heterocycles. The maximum atomic E-state index is 11.3. The van der Waals surface area contributed by atoms with Gasteiger partial charge in [-0.2, -0.15) is 8.42 Å². The quantitative estimate of drug-likeness (QED) is 0.405. The van der Waals surface area contributed by atoms with Crippen molar-refractivity contribution in [3.05, 3.63) is 30.3 Å². The van der Waals surface area contributed by atoms with Gasteiger partial charge in [-0.1, -0.05) is 12.1 Å². The van der Waals surface area contributed by atoms with E-state index in [4.69, 9.17) is 4.55 Å². The molecule has 0 bridgehead atoms. The maximum absolute atomic E-state index is 11.3. The molecule has 0 saturated heterocycles. The molecule has 0 aliphatic carbocycles. The zero-order valence-electron chi connectivity index (χ0n) is 11.1. The zero-order chi connectivity index (χ0) is 14.4. The van der Waals surface area contributed by atoms with Gasteiger partial charge in [0, 0.05) is 5.39 Å². The summed E-state index contributed by atoms with van der Waals surface area (Å²) in [5.74, 6) is -0.736. The molecule has 0 radical (unpaired) electrons. The first kappa shape index (κ1) is 22.6. The second-order valence-electron chi connectivity index (χ2n) is 3.73. The number of hydrogen-bond acceptors (Lipinski definition) is 6. The van der Waals surface area contributed by atoms with Crippen LogP contribution in [0.15, 0.2) is 40.1 Å². The molecule has 0 aliphatic heterocycles. The molecule has 0 aromatic heterocycles. The van der Waals surface area contributed by atoms with Crippen LogP contribution < -0.4 is 108 Å². The molecule has 2 aromatic rings. The fraction of sp³-hybridized carbons (Fsp3) is 0. The fourth-order valence-corrected chi connectivity index (χ4v) is 2.89. The molecule has 0 fully saturated rings. The molecule has 21 heavy (non-hydrogen) atoms. The third-order valence-corrected chi connectivity index (χ3v) is 4.15. The molecule has 7 nitrogen and oxygen atoms in total. The zero-order valence-corrected chi connectivity index (χ0v) is 19.0. The molecule has 11 heteroatoms. The Labute approximate surface area is 206 Å². The van der Waals surface area contributed by atoms with Crippen molar-refractivity contribution in [3.8, 4) is 5.75 Å². The van der Waals surface area contributed by atoms with E-state index in [0.717, 1.165) is 24.3 Å². The van der Waals surface area contributed by atoms with E-state index >= 15 is 0 Å². The minimum atomic E-state index is -4.72. The van der Waals surface area contributed by atoms with Gasteiger partial charge in [0.05, 0.1) is 4.90 Å². The number of hydrogen-bond donors (Lipinski definition) is 1. The predicted molar refractivity (Wildman–Crippen MR) is 61.2 cm³/mol. The second-order valence-corrected chi connectivity index (χ2v) is 6.50. The summed E-state index contributed by atoms with van der Waals surface area (Å²) in [6.07, 6.45) is 0. The first-order valence-electron chi connectivity index (χ1n) is 4.77. The Morgan fingerprint density at radius 3 is 2.00 bits per heavy atom. The molecule has 0 saturated carbocycles. The Hall–Kier alpha value is 1.59. The molecule has 102 valence electrons. The Balaban J connectivity index is 0.00000200. The molecule has 2 aromatic carbocycles. The van der Waals surface area contributed by atoms with E-state index in [1.54, 1.807) is 0 Å². The van der Waals surface area contributed by atoms with Crippen LogP contribution in [0.3, 0.4) is 0 Å². The topological polar surface area (TPSA) is 135 Å². The summed E-state index contributed by atoms with van der Waals surface area (Å²) < 4.78 is 63.8. The molecule has 2 rings (SSSR count). The van der Waals surface area contributed by atoms with Crippen LogP contribution in [0, 0.1) is 0 Å². The van der Waals surface area contributed by atoms with Crippen LogP contribution in [0.25, 0.3) is 10.8 Å². The molecular weight excluding hydrogens is 374 g/mol. The monoisotopic (exact) mass is 380 g/mol. The minimum Gasteiger partial charge on any atom is -0.872 e. The Morgan fingerprint density at radius 1 is 0.952 bits per heavy atom. The molecule has 0 amide bonds. The Bertz CT molecular complexity index is 876. The van der Waals surface area contributed by atoms with Gasteiger partial charge < -0.3 is 9.66 Å². The maximum Gasteiger partial charge on any atom is 1.00 e. The van der Waals surface area contributed by atoms with Crippen molar-refractivity contribution in [3.63, 3.8) is 0 Å². The van der Waals surface area contributed by atoms with Gasteiger partial charge in [0.15, 0.2) is 0 Å². The van der Waals surface area contributed by atoms with E-state index in [1.807, 2.05) is 0 Å². The first-order valence-corrected chi connectivity index (χ1v) is 7.62. The largest absolute Gasteiger partial charge is 1.00 e. The molecule has 0 spiro atoms. The fourth-order valence-electron chi connectivity index (χ4n) is 1.66. The molecule has 0 atom stereocenters. The van der Waals surface area contributed by atoms with Crippen molar-refractivity contribution < 1.29 is 134 Å². The van der Waals surface area contributed by atoms with Gasteiger partial charge in [0.25, 0.3) is 10.1 Å². The van der Waals surface area contributed by atoms with Crippen LogP contribution in [0.5, 0.6) is 5.75 Å². The van der Waals surface area contributed by atoms with Gasteiger partial charge in [-0.15, -0.1) is 5.75 Å². The summed E-state index contributed by atoms with van der Waals surface area (Å²) in [4.78, 5) is -1.23. The van der Waals surface area contributed by atoms with E-state index < -0.39 is 35.8 Å². The van der Waals surface area contributed by atoms with Gasteiger partial charge in [0.1, 0.15) is 15.0 Å². The van der Waals surface area contributed by atoms with Gasteiger partial charge in [0.2, 0.25) is 0 Å². The van der Waals surface area contributed by atoms with Gasteiger partial charge >= 0.3 is 103 Å². The molecule has 0 unspecified atom stereocenters. The van der Waals surface area contributed by atoms with Crippen molar-refractivity contribution in [1.29, 1.82) is 0 Å². The van der Waals surface area contributed by atoms with E-state index in [9.17, 15) is 26.5 Å². The number of benzene rings is 2. The van der Waals surface area contributed by atoms with Crippen molar-refractivity contribution in [2.75, 3.05) is 0 Å². The van der Waals surface area contributed by atoms with Gasteiger partial charge in [-0.25, -0.2) is 8.42 Å². The molecule has 1 N–H and O–H groups in total. The van der Waals surface area contributed by atoms with Crippen molar-refractivity contribution in [2.24, 2.45) is 0 Å². The summed E-state index contributed by atoms with van der Waals surface area (Å²) >= 11 is 0. The molecule has 0 aliphatic rings. The predicted octanol–water partition coefficient (Wildman–Crippen LogP) is -5.93.